The van der Waals surface area contributed by atoms with Crippen LogP contribution in [0.2, 0.25) is 0 Å². The summed E-state index contributed by atoms with van der Waals surface area (Å²) in [6.07, 6.45) is 5.88. The van der Waals surface area contributed by atoms with Crippen molar-refractivity contribution in [3.05, 3.63) is 41.4 Å². The van der Waals surface area contributed by atoms with Gasteiger partial charge in [-0.3, -0.25) is 4.79 Å². The second-order valence-corrected chi connectivity index (χ2v) is 6.97. The van der Waals surface area contributed by atoms with Gasteiger partial charge in [0.1, 0.15) is 10.7 Å². The lowest BCUT2D eigenvalue weighted by Gasteiger charge is -2.22. The van der Waals surface area contributed by atoms with Gasteiger partial charge in [0.25, 0.3) is 5.91 Å². The third kappa shape index (κ3) is 3.01. The van der Waals surface area contributed by atoms with Crippen LogP contribution in [0, 0.1) is 0 Å². The van der Waals surface area contributed by atoms with Crippen LogP contribution in [0.1, 0.15) is 42.6 Å². The quantitative estimate of drug-likeness (QED) is 0.752. The van der Waals surface area contributed by atoms with Crippen molar-refractivity contribution >= 4 is 28.1 Å². The fourth-order valence-corrected chi connectivity index (χ4v) is 3.97. The van der Waals surface area contributed by atoms with E-state index >= 15 is 0 Å². The van der Waals surface area contributed by atoms with E-state index in [4.69, 9.17) is 0 Å². The number of nitrogens with one attached hydrogen (secondary N) is 2. The van der Waals surface area contributed by atoms with E-state index in [1.807, 2.05) is 23.6 Å². The zero-order chi connectivity index (χ0) is 15.6. The van der Waals surface area contributed by atoms with Gasteiger partial charge in [0.15, 0.2) is 0 Å². The van der Waals surface area contributed by atoms with Gasteiger partial charge in [-0.15, -0.1) is 11.3 Å². The normalized spacial score (nSPS) is 15.8. The van der Waals surface area contributed by atoms with Gasteiger partial charge in [0.05, 0.1) is 5.69 Å². The lowest BCUT2D eigenvalue weighted by Crippen LogP contribution is -2.36. The number of thiazole rings is 1. The molecule has 0 radical (unpaired) electrons. The van der Waals surface area contributed by atoms with E-state index in [0.717, 1.165) is 34.4 Å². The van der Waals surface area contributed by atoms with Crippen LogP contribution in [0.5, 0.6) is 0 Å². The van der Waals surface area contributed by atoms with Gasteiger partial charge in [-0.05, 0) is 25.0 Å². The van der Waals surface area contributed by atoms with Crippen molar-refractivity contribution in [3.8, 4) is 10.7 Å². The van der Waals surface area contributed by atoms with Crippen LogP contribution in [0.3, 0.4) is 0 Å². The number of aromatic amines is 1. The molecule has 23 heavy (non-hydrogen) atoms. The molecule has 2 aromatic heterocycles. The maximum Gasteiger partial charge on any atom is 0.270 e. The molecule has 0 unspecified atom stereocenters. The van der Waals surface area contributed by atoms with Crippen molar-refractivity contribution in [1.82, 2.24) is 15.3 Å². The number of hydrogen-bond donors (Lipinski definition) is 2. The summed E-state index contributed by atoms with van der Waals surface area (Å²) in [7, 11) is 0. The van der Waals surface area contributed by atoms with Crippen LogP contribution in [0.4, 0.5) is 0 Å². The Morgan fingerprint density at radius 3 is 2.87 bits per heavy atom. The third-order valence-electron chi connectivity index (χ3n) is 4.44. The molecule has 5 heteroatoms. The second-order valence-electron chi connectivity index (χ2n) is 6.12. The molecule has 4 rings (SSSR count). The minimum atomic E-state index is -0.0458. The van der Waals surface area contributed by atoms with Gasteiger partial charge in [0.2, 0.25) is 0 Å². The summed E-state index contributed by atoms with van der Waals surface area (Å²) in [4.78, 5) is 20.2. The predicted octanol–water partition coefficient (Wildman–Crippen LogP) is 4.35. The summed E-state index contributed by atoms with van der Waals surface area (Å²) in [5, 5.41) is 6.98. The number of rotatable bonds is 3. The second kappa shape index (κ2) is 6.16. The molecular weight excluding hydrogens is 306 g/mol. The lowest BCUT2D eigenvalue weighted by atomic mass is 9.95. The van der Waals surface area contributed by atoms with Crippen LogP contribution >= 0.6 is 11.3 Å². The number of benzene rings is 1. The van der Waals surface area contributed by atoms with Gasteiger partial charge < -0.3 is 10.3 Å². The van der Waals surface area contributed by atoms with Crippen LogP contribution in [0.15, 0.2) is 35.7 Å². The Bertz CT molecular complexity index is 797. The van der Waals surface area contributed by atoms with Crippen molar-refractivity contribution in [2.24, 2.45) is 0 Å². The fraction of sp³-hybridized carbons (Fsp3) is 0.333. The maximum absolute atomic E-state index is 12.4. The molecule has 0 atom stereocenters. The van der Waals surface area contributed by atoms with E-state index in [1.54, 1.807) is 0 Å². The zero-order valence-corrected chi connectivity index (χ0v) is 13.7. The number of carbonyl (C=O) groups excluding carboxylic acids is 1. The average molecular weight is 325 g/mol. The van der Waals surface area contributed by atoms with E-state index in [2.05, 4.69) is 27.4 Å². The Kier molecular flexibility index (Phi) is 3.87. The van der Waals surface area contributed by atoms with Crippen molar-refractivity contribution in [2.75, 3.05) is 0 Å². The summed E-state index contributed by atoms with van der Waals surface area (Å²) in [5.74, 6) is -0.0458. The monoisotopic (exact) mass is 325 g/mol. The molecule has 1 amide bonds. The number of H-pyrrole nitrogens is 1. The fourth-order valence-electron chi connectivity index (χ4n) is 3.20. The Labute approximate surface area is 138 Å². The molecule has 2 heterocycles. The number of para-hydroxylation sites is 1. The summed E-state index contributed by atoms with van der Waals surface area (Å²) in [5.41, 5.74) is 2.58. The molecule has 1 aliphatic carbocycles. The average Bonchev–Trinajstić information content (AvgIpc) is 3.22. The summed E-state index contributed by atoms with van der Waals surface area (Å²) >= 11 is 1.51. The molecule has 0 spiro atoms. The van der Waals surface area contributed by atoms with Crippen molar-refractivity contribution in [3.63, 3.8) is 0 Å². The first-order valence-electron chi connectivity index (χ1n) is 8.14. The van der Waals surface area contributed by atoms with E-state index in [9.17, 15) is 4.79 Å². The largest absolute Gasteiger partial charge is 0.353 e. The van der Waals surface area contributed by atoms with E-state index in [-0.39, 0.29) is 5.91 Å². The van der Waals surface area contributed by atoms with Gasteiger partial charge in [-0.1, -0.05) is 37.5 Å². The zero-order valence-electron chi connectivity index (χ0n) is 12.8. The molecule has 1 aliphatic rings. The van der Waals surface area contributed by atoms with Crippen molar-refractivity contribution < 1.29 is 4.79 Å². The van der Waals surface area contributed by atoms with Crippen molar-refractivity contribution in [2.45, 2.75) is 38.1 Å². The first-order valence-corrected chi connectivity index (χ1v) is 9.02. The van der Waals surface area contributed by atoms with Crippen LogP contribution in [-0.4, -0.2) is 21.9 Å². The number of nitrogens with zero attached hydrogens (tertiary/aromatic N) is 1. The highest BCUT2D eigenvalue weighted by atomic mass is 32.1. The molecule has 2 N–H and O–H groups in total. The standard InChI is InChI=1S/C18H19N3OS/c22-17(19-13-7-2-1-3-8-13)16-11-23-18(21-16)15-10-12-6-4-5-9-14(12)20-15/h4-6,9-11,13,20H,1-3,7-8H2,(H,19,22). The highest BCUT2D eigenvalue weighted by Gasteiger charge is 2.19. The summed E-state index contributed by atoms with van der Waals surface area (Å²) in [6, 6.07) is 10.5. The molecule has 1 saturated carbocycles. The smallest absolute Gasteiger partial charge is 0.270 e. The van der Waals surface area contributed by atoms with E-state index < -0.39 is 0 Å². The number of aromatic nitrogens is 2. The maximum atomic E-state index is 12.4. The highest BCUT2D eigenvalue weighted by molar-refractivity contribution is 7.13. The Hall–Kier alpha value is -2.14. The number of carbonyl (C=O) groups is 1. The number of amides is 1. The van der Waals surface area contributed by atoms with Crippen LogP contribution < -0.4 is 5.32 Å². The molecule has 3 aromatic rings. The van der Waals surface area contributed by atoms with E-state index in [0.29, 0.717) is 11.7 Å². The number of fused-ring (bicyclic) bond motifs is 1. The SMILES string of the molecule is O=C(NC1CCCCC1)c1csc(-c2cc3ccccc3[nH]2)n1. The molecular formula is C18H19N3OS. The Morgan fingerprint density at radius 2 is 2.04 bits per heavy atom. The van der Waals surface area contributed by atoms with Gasteiger partial charge in [0, 0.05) is 22.3 Å². The summed E-state index contributed by atoms with van der Waals surface area (Å²) in [6.45, 7) is 0. The van der Waals surface area contributed by atoms with E-state index in [1.165, 1.54) is 30.6 Å². The Morgan fingerprint density at radius 1 is 1.22 bits per heavy atom. The molecule has 0 aliphatic heterocycles. The first kappa shape index (κ1) is 14.5. The van der Waals surface area contributed by atoms with Crippen LogP contribution in [-0.2, 0) is 0 Å². The van der Waals surface area contributed by atoms with Crippen molar-refractivity contribution in [1.29, 1.82) is 0 Å². The third-order valence-corrected chi connectivity index (χ3v) is 5.31. The minimum Gasteiger partial charge on any atom is -0.353 e. The number of hydrogen-bond acceptors (Lipinski definition) is 3. The molecule has 0 saturated heterocycles. The highest BCUT2D eigenvalue weighted by Crippen LogP contribution is 2.27. The molecule has 1 fully saturated rings. The first-order chi connectivity index (χ1) is 11.3. The topological polar surface area (TPSA) is 57.8 Å². The predicted molar refractivity (Wildman–Crippen MR) is 93.7 cm³/mol. The molecule has 0 bridgehead atoms. The lowest BCUT2D eigenvalue weighted by molar-refractivity contribution is 0.0923. The van der Waals surface area contributed by atoms with Gasteiger partial charge >= 0.3 is 0 Å². The Balaban J connectivity index is 1.52. The molecule has 4 nitrogen and oxygen atoms in total. The van der Waals surface area contributed by atoms with Gasteiger partial charge in [-0.25, -0.2) is 4.98 Å². The van der Waals surface area contributed by atoms with Gasteiger partial charge in [-0.2, -0.15) is 0 Å². The van der Waals surface area contributed by atoms with Crippen LogP contribution in [0.25, 0.3) is 21.6 Å². The molecule has 1 aromatic carbocycles. The molecule has 118 valence electrons. The summed E-state index contributed by atoms with van der Waals surface area (Å²) < 4.78 is 0. The minimum absolute atomic E-state index is 0.0458.